The molecule has 0 bridgehead atoms. The molecule has 2 aromatic carbocycles. The lowest BCUT2D eigenvalue weighted by Gasteiger charge is -2.23. The first kappa shape index (κ1) is 38.1. The molecule has 0 radical (unpaired) electrons. The molecule has 3 aromatic rings. The van der Waals surface area contributed by atoms with Crippen LogP contribution < -0.4 is 9.80 Å². The Morgan fingerprint density at radius 1 is 1.07 bits per heavy atom. The van der Waals surface area contributed by atoms with E-state index in [-0.39, 0.29) is 18.0 Å². The average Bonchev–Trinajstić information content (AvgIpc) is 3.19. The fourth-order valence-corrected chi connectivity index (χ4v) is 5.11. The maximum atomic E-state index is 13.5. The Labute approximate surface area is 278 Å². The summed E-state index contributed by atoms with van der Waals surface area (Å²) >= 11 is 3.14. The largest absolute Gasteiger partial charge is 0.465 e. The minimum atomic E-state index is -0.195. The standard InChI is InChI=1S/C28H34N4O2S.C5H10O2S.C2H6/c1-5-20(2)16-25(22-11-7-6-8-12-22)34-19-21-10-9-13-23(17-21)32-15-14-31(3)26-24(27(32)33)18-29-28(30-26)35-4;1-5(6)7-3-4-8-2;1-2/h6-13,17-18,20,25H,5,14-16,19H2,1-4H3;3-4H2,1-2H3;1-2H3. The fourth-order valence-electron chi connectivity index (χ4n) is 4.53. The Kier molecular flexibility index (Phi) is 17.7. The molecule has 1 aliphatic heterocycles. The first-order valence-electron chi connectivity index (χ1n) is 15.6. The van der Waals surface area contributed by atoms with Crippen LogP contribution in [0, 0.1) is 5.92 Å². The average molecular weight is 655 g/mol. The molecular weight excluding hydrogens is 605 g/mol. The van der Waals surface area contributed by atoms with Crippen LogP contribution >= 0.6 is 23.5 Å². The molecule has 2 unspecified atom stereocenters. The highest BCUT2D eigenvalue weighted by Gasteiger charge is 2.28. The van der Waals surface area contributed by atoms with Crippen molar-refractivity contribution in [2.75, 3.05) is 54.8 Å². The van der Waals surface area contributed by atoms with Gasteiger partial charge >= 0.3 is 5.97 Å². The lowest BCUT2D eigenvalue weighted by Crippen LogP contribution is -2.33. The van der Waals surface area contributed by atoms with E-state index in [0.29, 0.717) is 48.8 Å². The highest BCUT2D eigenvalue weighted by Crippen LogP contribution is 2.30. The van der Waals surface area contributed by atoms with E-state index in [2.05, 4.69) is 65.0 Å². The normalized spacial score (nSPS) is 13.7. The Balaban J connectivity index is 0.000000615. The summed E-state index contributed by atoms with van der Waals surface area (Å²) in [5.74, 6) is 1.88. The molecule has 246 valence electrons. The number of thioether (sulfide) groups is 2. The number of fused-ring (bicyclic) bond motifs is 1. The molecule has 1 aliphatic rings. The number of ether oxygens (including phenoxy) is 2. The fraction of sp³-hybridized carbons (Fsp3) is 0.486. The number of esters is 1. The van der Waals surface area contributed by atoms with Crippen LogP contribution in [-0.2, 0) is 20.9 Å². The zero-order chi connectivity index (χ0) is 33.2. The molecule has 0 aliphatic carbocycles. The van der Waals surface area contributed by atoms with E-state index in [1.165, 1.54) is 24.2 Å². The monoisotopic (exact) mass is 654 g/mol. The molecule has 0 saturated heterocycles. The molecular formula is C35H50N4O4S2. The Bertz CT molecular complexity index is 1310. The van der Waals surface area contributed by atoms with Crippen LogP contribution in [0.15, 0.2) is 66.0 Å². The number of amides is 1. The molecule has 8 nitrogen and oxygen atoms in total. The maximum Gasteiger partial charge on any atom is 0.302 e. The number of aromatic nitrogens is 2. The van der Waals surface area contributed by atoms with Gasteiger partial charge in [0.15, 0.2) is 5.16 Å². The molecule has 4 rings (SSSR count). The van der Waals surface area contributed by atoms with Crippen molar-refractivity contribution in [2.45, 2.75) is 65.3 Å². The Morgan fingerprint density at radius 3 is 2.44 bits per heavy atom. The van der Waals surface area contributed by atoms with Gasteiger partial charge in [0.25, 0.3) is 5.91 Å². The summed E-state index contributed by atoms with van der Waals surface area (Å²) in [7, 11) is 1.97. The third-order valence-corrected chi connectivity index (χ3v) is 8.31. The summed E-state index contributed by atoms with van der Waals surface area (Å²) < 4.78 is 11.1. The van der Waals surface area contributed by atoms with Crippen LogP contribution in [-0.4, -0.2) is 66.9 Å². The van der Waals surface area contributed by atoms with E-state index in [1.807, 2.05) is 61.4 Å². The minimum Gasteiger partial charge on any atom is -0.465 e. The number of rotatable bonds is 12. The van der Waals surface area contributed by atoms with Crippen molar-refractivity contribution in [3.8, 4) is 0 Å². The summed E-state index contributed by atoms with van der Waals surface area (Å²) in [5.41, 5.74) is 3.65. The SMILES string of the molecule is CC.CCC(C)CC(OCc1cccc(N2CCN(C)c3nc(SC)ncc3C2=O)c1)c1ccccc1.CSCCOC(C)=O. The van der Waals surface area contributed by atoms with Gasteiger partial charge in [-0.25, -0.2) is 9.97 Å². The number of hydrogen-bond acceptors (Lipinski definition) is 9. The van der Waals surface area contributed by atoms with Crippen LogP contribution in [0.2, 0.25) is 0 Å². The van der Waals surface area contributed by atoms with Gasteiger partial charge in [-0.15, -0.1) is 0 Å². The number of nitrogens with zero attached hydrogens (tertiary/aromatic N) is 4. The third-order valence-electron chi connectivity index (χ3n) is 7.18. The predicted octanol–water partition coefficient (Wildman–Crippen LogP) is 7.93. The summed E-state index contributed by atoms with van der Waals surface area (Å²) in [4.78, 5) is 36.4. The first-order chi connectivity index (χ1) is 21.8. The summed E-state index contributed by atoms with van der Waals surface area (Å²) in [6.07, 6.45) is 7.70. The molecule has 2 heterocycles. The van der Waals surface area contributed by atoms with Crippen LogP contribution in [0.5, 0.6) is 0 Å². The number of benzene rings is 2. The van der Waals surface area contributed by atoms with Gasteiger partial charge in [-0.1, -0.05) is 88.3 Å². The number of carbonyl (C=O) groups excluding carboxylic acids is 2. The highest BCUT2D eigenvalue weighted by molar-refractivity contribution is 7.98. The highest BCUT2D eigenvalue weighted by atomic mass is 32.2. The van der Waals surface area contributed by atoms with Crippen LogP contribution in [0.3, 0.4) is 0 Å². The van der Waals surface area contributed by atoms with Gasteiger partial charge in [-0.2, -0.15) is 11.8 Å². The summed E-state index contributed by atoms with van der Waals surface area (Å²) in [6, 6.07) is 18.5. The number of hydrogen-bond donors (Lipinski definition) is 0. The van der Waals surface area contributed by atoms with Gasteiger partial charge in [0.2, 0.25) is 0 Å². The van der Waals surface area contributed by atoms with E-state index in [1.54, 1.807) is 18.0 Å². The van der Waals surface area contributed by atoms with Crippen LogP contribution in [0.4, 0.5) is 11.5 Å². The molecule has 45 heavy (non-hydrogen) atoms. The van der Waals surface area contributed by atoms with Crippen molar-refractivity contribution in [3.05, 3.63) is 77.5 Å². The second-order valence-corrected chi connectivity index (χ2v) is 12.2. The third kappa shape index (κ3) is 12.3. The van der Waals surface area contributed by atoms with Crippen molar-refractivity contribution in [1.82, 2.24) is 9.97 Å². The number of anilines is 2. The van der Waals surface area contributed by atoms with Gasteiger partial charge in [0, 0.05) is 44.7 Å². The van der Waals surface area contributed by atoms with Crippen LogP contribution in [0.25, 0.3) is 0 Å². The zero-order valence-corrected chi connectivity index (χ0v) is 29.7. The maximum absolute atomic E-state index is 13.5. The van der Waals surface area contributed by atoms with Crippen molar-refractivity contribution >= 4 is 46.9 Å². The van der Waals surface area contributed by atoms with Gasteiger partial charge in [0.1, 0.15) is 18.0 Å². The quantitative estimate of drug-likeness (QED) is 0.0837. The lowest BCUT2D eigenvalue weighted by molar-refractivity contribution is -0.140. The number of likely N-dealkylation sites (N-methyl/N-ethyl adjacent to an activating group) is 1. The smallest absolute Gasteiger partial charge is 0.302 e. The van der Waals surface area contributed by atoms with E-state index < -0.39 is 0 Å². The van der Waals surface area contributed by atoms with E-state index in [0.717, 1.165) is 29.8 Å². The van der Waals surface area contributed by atoms with E-state index in [4.69, 9.17) is 4.74 Å². The second kappa shape index (κ2) is 20.9. The van der Waals surface area contributed by atoms with Gasteiger partial charge in [-0.05, 0) is 48.1 Å². The van der Waals surface area contributed by atoms with Gasteiger partial charge in [-0.3, -0.25) is 9.59 Å². The zero-order valence-electron chi connectivity index (χ0n) is 28.1. The van der Waals surface area contributed by atoms with Gasteiger partial charge < -0.3 is 19.3 Å². The van der Waals surface area contributed by atoms with Crippen molar-refractivity contribution in [3.63, 3.8) is 0 Å². The molecule has 0 saturated carbocycles. The minimum absolute atomic E-state index is 0.0398. The van der Waals surface area contributed by atoms with Crippen LogP contribution in [0.1, 0.15) is 75.0 Å². The summed E-state index contributed by atoms with van der Waals surface area (Å²) in [5, 5.41) is 0.668. The van der Waals surface area contributed by atoms with Crippen molar-refractivity contribution < 1.29 is 19.1 Å². The van der Waals surface area contributed by atoms with E-state index >= 15 is 0 Å². The molecule has 2 atom stereocenters. The molecule has 10 heteroatoms. The predicted molar refractivity (Wildman–Crippen MR) is 190 cm³/mol. The van der Waals surface area contributed by atoms with E-state index in [9.17, 15) is 9.59 Å². The molecule has 0 fully saturated rings. The van der Waals surface area contributed by atoms with Gasteiger partial charge in [0.05, 0.1) is 12.7 Å². The Morgan fingerprint density at radius 2 is 1.80 bits per heavy atom. The first-order valence-corrected chi connectivity index (χ1v) is 18.2. The molecule has 0 N–H and O–H groups in total. The molecule has 1 amide bonds. The van der Waals surface area contributed by atoms with Crippen molar-refractivity contribution in [1.29, 1.82) is 0 Å². The Hall–Kier alpha value is -3.08. The molecule has 1 aromatic heterocycles. The molecule has 0 spiro atoms. The second-order valence-electron chi connectivity index (χ2n) is 10.4. The van der Waals surface area contributed by atoms with Crippen molar-refractivity contribution in [2.24, 2.45) is 5.92 Å². The summed E-state index contributed by atoms with van der Waals surface area (Å²) in [6.45, 7) is 12.2. The lowest BCUT2D eigenvalue weighted by atomic mass is 9.96. The topological polar surface area (TPSA) is 84.9 Å². The number of carbonyl (C=O) groups is 2.